The van der Waals surface area contributed by atoms with Crippen molar-refractivity contribution in [2.45, 2.75) is 19.8 Å². The number of phenols is 1. The highest BCUT2D eigenvalue weighted by Crippen LogP contribution is 2.13. The smallest absolute Gasteiger partial charge is 0.131 e. The molecule has 1 aromatic carbocycles. The predicted molar refractivity (Wildman–Crippen MR) is 49.9 cm³/mol. The largest absolute Gasteiger partial charge is 0.507 e. The molecule has 0 aliphatic rings. The van der Waals surface area contributed by atoms with E-state index in [1.165, 1.54) is 0 Å². The summed E-state index contributed by atoms with van der Waals surface area (Å²) in [6, 6.07) is 7.13. The monoisotopic (exact) mass is 160 g/mol. The van der Waals surface area contributed by atoms with Gasteiger partial charge in [-0.3, -0.25) is 0 Å². The van der Waals surface area contributed by atoms with E-state index in [1.54, 1.807) is 12.1 Å². The van der Waals surface area contributed by atoms with Crippen molar-refractivity contribution in [3.63, 3.8) is 0 Å². The third-order valence-corrected chi connectivity index (χ3v) is 1.50. The highest BCUT2D eigenvalue weighted by atomic mass is 16.3. The molecule has 1 nitrogen and oxygen atoms in total. The summed E-state index contributed by atoms with van der Waals surface area (Å²) in [6.07, 6.45) is 1.94. The molecule has 0 atom stereocenters. The minimum atomic E-state index is 0.265. The van der Waals surface area contributed by atoms with Crippen LogP contribution in [0.2, 0.25) is 0 Å². The van der Waals surface area contributed by atoms with Gasteiger partial charge in [-0.2, -0.15) is 0 Å². The van der Waals surface area contributed by atoms with Gasteiger partial charge >= 0.3 is 0 Å². The molecule has 0 aliphatic heterocycles. The minimum Gasteiger partial charge on any atom is -0.507 e. The van der Waals surface area contributed by atoms with Gasteiger partial charge in [0, 0.05) is 6.42 Å². The standard InChI is InChI=1S/C11H12O/c1-2-3-4-7-10-8-5-6-9-11(10)12/h5-6,8-9,12H,2-3H2,1H3. The number of benzene rings is 1. The summed E-state index contributed by atoms with van der Waals surface area (Å²) < 4.78 is 0. The van der Waals surface area contributed by atoms with Crippen molar-refractivity contribution >= 4 is 0 Å². The van der Waals surface area contributed by atoms with E-state index in [9.17, 15) is 5.11 Å². The number of para-hydroxylation sites is 1. The molecule has 1 heteroatoms. The summed E-state index contributed by atoms with van der Waals surface area (Å²) in [5.74, 6) is 6.16. The lowest BCUT2D eigenvalue weighted by Crippen LogP contribution is -1.74. The molecule has 0 bridgehead atoms. The fourth-order valence-electron chi connectivity index (χ4n) is 0.862. The lowest BCUT2D eigenvalue weighted by Gasteiger charge is -1.93. The number of hydrogen-bond acceptors (Lipinski definition) is 1. The molecule has 0 aliphatic carbocycles. The normalized spacial score (nSPS) is 8.75. The molecule has 0 fully saturated rings. The lowest BCUT2D eigenvalue weighted by atomic mass is 10.2. The maximum Gasteiger partial charge on any atom is 0.131 e. The Kier molecular flexibility index (Phi) is 3.22. The molecule has 0 aromatic heterocycles. The van der Waals surface area contributed by atoms with E-state index >= 15 is 0 Å². The molecule has 12 heavy (non-hydrogen) atoms. The zero-order chi connectivity index (χ0) is 8.81. The molecule has 0 heterocycles. The van der Waals surface area contributed by atoms with Crippen LogP contribution in [0.3, 0.4) is 0 Å². The summed E-state index contributed by atoms with van der Waals surface area (Å²) >= 11 is 0. The number of phenolic OH excluding ortho intramolecular Hbond substituents is 1. The van der Waals surface area contributed by atoms with Gasteiger partial charge in [0.1, 0.15) is 5.75 Å². The molecule has 0 unspecified atom stereocenters. The lowest BCUT2D eigenvalue weighted by molar-refractivity contribution is 0.473. The summed E-state index contributed by atoms with van der Waals surface area (Å²) in [6.45, 7) is 2.08. The third-order valence-electron chi connectivity index (χ3n) is 1.50. The molecular formula is C11H12O. The topological polar surface area (TPSA) is 20.2 Å². The zero-order valence-corrected chi connectivity index (χ0v) is 7.17. The molecule has 0 radical (unpaired) electrons. The van der Waals surface area contributed by atoms with Crippen molar-refractivity contribution in [1.29, 1.82) is 0 Å². The van der Waals surface area contributed by atoms with Crippen LogP contribution in [-0.4, -0.2) is 5.11 Å². The fourth-order valence-corrected chi connectivity index (χ4v) is 0.862. The summed E-state index contributed by atoms with van der Waals surface area (Å²) in [7, 11) is 0. The van der Waals surface area contributed by atoms with Gasteiger partial charge in [-0.15, -0.1) is 0 Å². The van der Waals surface area contributed by atoms with Gasteiger partial charge in [0.05, 0.1) is 5.56 Å². The van der Waals surface area contributed by atoms with Crippen LogP contribution in [-0.2, 0) is 0 Å². The molecule has 0 spiro atoms. The number of rotatable bonds is 1. The number of hydrogen-bond donors (Lipinski definition) is 1. The van der Waals surface area contributed by atoms with E-state index < -0.39 is 0 Å². The maximum absolute atomic E-state index is 9.31. The van der Waals surface area contributed by atoms with E-state index in [4.69, 9.17) is 0 Å². The Balaban J connectivity index is 2.77. The molecule has 62 valence electrons. The van der Waals surface area contributed by atoms with Gasteiger partial charge in [0.15, 0.2) is 0 Å². The van der Waals surface area contributed by atoms with Crippen molar-refractivity contribution in [2.24, 2.45) is 0 Å². The molecule has 1 rings (SSSR count). The van der Waals surface area contributed by atoms with Crippen molar-refractivity contribution in [3.8, 4) is 17.6 Å². The maximum atomic E-state index is 9.31. The van der Waals surface area contributed by atoms with Crippen LogP contribution >= 0.6 is 0 Å². The highest BCUT2D eigenvalue weighted by Gasteiger charge is 1.92. The van der Waals surface area contributed by atoms with E-state index in [1.807, 2.05) is 12.1 Å². The van der Waals surface area contributed by atoms with Gasteiger partial charge in [0.2, 0.25) is 0 Å². The molecule has 1 aromatic rings. The Bertz CT molecular complexity index is 304. The first-order valence-corrected chi connectivity index (χ1v) is 4.11. The van der Waals surface area contributed by atoms with Crippen LogP contribution < -0.4 is 0 Å². The number of unbranched alkanes of at least 4 members (excludes halogenated alkanes) is 1. The first-order valence-electron chi connectivity index (χ1n) is 4.11. The highest BCUT2D eigenvalue weighted by molar-refractivity contribution is 5.44. The molecule has 0 amide bonds. The predicted octanol–water partition coefficient (Wildman–Crippen LogP) is 2.54. The van der Waals surface area contributed by atoms with Crippen LogP contribution in [0.5, 0.6) is 5.75 Å². The summed E-state index contributed by atoms with van der Waals surface area (Å²) in [5, 5.41) is 9.31. The molecule has 0 saturated carbocycles. The first kappa shape index (κ1) is 8.67. The second kappa shape index (κ2) is 4.46. The Morgan fingerprint density at radius 2 is 2.08 bits per heavy atom. The van der Waals surface area contributed by atoms with Crippen molar-refractivity contribution in [2.75, 3.05) is 0 Å². The average molecular weight is 160 g/mol. The van der Waals surface area contributed by atoms with Crippen molar-refractivity contribution in [1.82, 2.24) is 0 Å². The van der Waals surface area contributed by atoms with Crippen LogP contribution in [0.1, 0.15) is 25.3 Å². The molecule has 1 N–H and O–H groups in total. The van der Waals surface area contributed by atoms with Gasteiger partial charge in [-0.1, -0.05) is 30.9 Å². The Labute approximate surface area is 73.0 Å². The van der Waals surface area contributed by atoms with Crippen LogP contribution in [0.15, 0.2) is 24.3 Å². The van der Waals surface area contributed by atoms with Crippen LogP contribution in [0.25, 0.3) is 0 Å². The summed E-state index contributed by atoms with van der Waals surface area (Å²) in [4.78, 5) is 0. The van der Waals surface area contributed by atoms with E-state index in [0.29, 0.717) is 5.56 Å². The SMILES string of the molecule is CCCC#Cc1ccccc1O. The Morgan fingerprint density at radius 3 is 2.75 bits per heavy atom. The van der Waals surface area contributed by atoms with E-state index in [0.717, 1.165) is 12.8 Å². The van der Waals surface area contributed by atoms with Gasteiger partial charge < -0.3 is 5.11 Å². The van der Waals surface area contributed by atoms with Crippen LogP contribution in [0, 0.1) is 11.8 Å². The van der Waals surface area contributed by atoms with Crippen LogP contribution in [0.4, 0.5) is 0 Å². The summed E-state index contributed by atoms with van der Waals surface area (Å²) in [5.41, 5.74) is 0.714. The second-order valence-electron chi connectivity index (χ2n) is 2.57. The van der Waals surface area contributed by atoms with Gasteiger partial charge in [-0.25, -0.2) is 0 Å². The third kappa shape index (κ3) is 2.32. The quantitative estimate of drug-likeness (QED) is 0.626. The van der Waals surface area contributed by atoms with Gasteiger partial charge in [-0.05, 0) is 18.6 Å². The fraction of sp³-hybridized carbons (Fsp3) is 0.273. The molecular weight excluding hydrogens is 148 g/mol. The molecule has 0 saturated heterocycles. The Hall–Kier alpha value is -1.42. The Morgan fingerprint density at radius 1 is 1.33 bits per heavy atom. The van der Waals surface area contributed by atoms with E-state index in [2.05, 4.69) is 18.8 Å². The second-order valence-corrected chi connectivity index (χ2v) is 2.57. The van der Waals surface area contributed by atoms with E-state index in [-0.39, 0.29) is 5.75 Å². The van der Waals surface area contributed by atoms with Crippen molar-refractivity contribution in [3.05, 3.63) is 29.8 Å². The van der Waals surface area contributed by atoms with Crippen molar-refractivity contribution < 1.29 is 5.11 Å². The first-order chi connectivity index (χ1) is 5.84. The minimum absolute atomic E-state index is 0.265. The van der Waals surface area contributed by atoms with Gasteiger partial charge in [0.25, 0.3) is 0 Å². The number of aromatic hydroxyl groups is 1. The average Bonchev–Trinajstić information content (AvgIpc) is 2.09. The zero-order valence-electron chi connectivity index (χ0n) is 7.17.